The summed E-state index contributed by atoms with van der Waals surface area (Å²) < 4.78 is 8.46. The van der Waals surface area contributed by atoms with Crippen LogP contribution in [0.25, 0.3) is 16.8 Å². The summed E-state index contributed by atoms with van der Waals surface area (Å²) in [5.41, 5.74) is 4.06. The first-order valence-corrected chi connectivity index (χ1v) is 10.0. The second-order valence-electron chi connectivity index (χ2n) is 6.76. The number of hydrogen-bond donors (Lipinski definition) is 1. The molecule has 2 heterocycles. The van der Waals surface area contributed by atoms with Gasteiger partial charge < -0.3 is 10.1 Å². The van der Waals surface area contributed by atoms with E-state index < -0.39 is 0 Å². The van der Waals surface area contributed by atoms with Gasteiger partial charge in [0.2, 0.25) is 0 Å². The molecule has 0 saturated heterocycles. The maximum atomic E-state index is 6.26. The highest BCUT2D eigenvalue weighted by Gasteiger charge is 2.34. The Morgan fingerprint density at radius 1 is 1.19 bits per heavy atom. The number of ether oxygens (including phenoxy) is 1. The molecule has 0 amide bonds. The molecule has 1 aliphatic rings. The molecular weight excluding hydrogens is 384 g/mol. The second kappa shape index (κ2) is 6.41. The van der Waals surface area contributed by atoms with E-state index in [1.54, 1.807) is 11.5 Å². The first-order chi connectivity index (χ1) is 12.4. The minimum Gasteiger partial charge on any atom is -0.494 e. The van der Waals surface area contributed by atoms with Crippen molar-refractivity contribution in [2.24, 2.45) is 0 Å². The van der Waals surface area contributed by atoms with E-state index in [0.29, 0.717) is 11.6 Å². The number of fused-ring (bicyclic) bond motifs is 3. The lowest BCUT2D eigenvalue weighted by molar-refractivity contribution is 0.340. The van der Waals surface area contributed by atoms with Crippen LogP contribution in [0.2, 0.25) is 5.02 Å². The van der Waals surface area contributed by atoms with Gasteiger partial charge in [-0.05, 0) is 63.2 Å². The Labute approximate surface area is 167 Å². The van der Waals surface area contributed by atoms with Crippen molar-refractivity contribution in [2.45, 2.75) is 26.3 Å². The predicted octanol–water partition coefficient (Wildman–Crippen LogP) is 6.65. The van der Waals surface area contributed by atoms with Crippen LogP contribution in [-0.4, -0.2) is 10.6 Å². The Bertz CT molecular complexity index is 1030. The predicted molar refractivity (Wildman–Crippen MR) is 113 cm³/mol. The summed E-state index contributed by atoms with van der Waals surface area (Å²) in [4.78, 5) is 1.21. The van der Waals surface area contributed by atoms with Crippen molar-refractivity contribution in [1.82, 2.24) is 3.96 Å². The van der Waals surface area contributed by atoms with Gasteiger partial charge in [0, 0.05) is 21.8 Å². The molecule has 0 saturated carbocycles. The number of benzene rings is 2. The minimum absolute atomic E-state index is 0.203. The average Bonchev–Trinajstić information content (AvgIpc) is 2.96. The van der Waals surface area contributed by atoms with Gasteiger partial charge in [0.15, 0.2) is 0 Å². The number of nitrogens with one attached hydrogen (secondary N) is 1. The molecule has 0 aliphatic carbocycles. The van der Waals surface area contributed by atoms with Crippen molar-refractivity contribution in [2.75, 3.05) is 11.9 Å². The molecule has 1 N–H and O–H groups in total. The van der Waals surface area contributed by atoms with Crippen LogP contribution in [0, 0.1) is 4.64 Å². The minimum atomic E-state index is -0.203. The fourth-order valence-corrected chi connectivity index (χ4v) is 5.11. The highest BCUT2D eigenvalue weighted by Crippen LogP contribution is 2.48. The highest BCUT2D eigenvalue weighted by atomic mass is 35.5. The Kier molecular flexibility index (Phi) is 4.34. The van der Waals surface area contributed by atoms with E-state index in [0.717, 1.165) is 32.9 Å². The third-order valence-corrected chi connectivity index (χ3v) is 6.67. The Morgan fingerprint density at radius 3 is 2.62 bits per heavy atom. The summed E-state index contributed by atoms with van der Waals surface area (Å²) in [6, 6.07) is 14.0. The Balaban J connectivity index is 1.90. The molecule has 3 nitrogen and oxygen atoms in total. The van der Waals surface area contributed by atoms with Crippen molar-refractivity contribution in [3.8, 4) is 22.6 Å². The summed E-state index contributed by atoms with van der Waals surface area (Å²) in [6.07, 6.45) is 0. The van der Waals surface area contributed by atoms with E-state index in [1.807, 2.05) is 49.4 Å². The van der Waals surface area contributed by atoms with Crippen LogP contribution in [0.3, 0.4) is 0 Å². The molecule has 0 unspecified atom stereocenters. The highest BCUT2D eigenvalue weighted by molar-refractivity contribution is 7.71. The number of nitrogens with zero attached hydrogens (tertiary/aromatic N) is 1. The fraction of sp³-hybridized carbons (Fsp3) is 0.250. The maximum absolute atomic E-state index is 6.26. The zero-order valence-corrected chi connectivity index (χ0v) is 17.2. The van der Waals surface area contributed by atoms with Crippen molar-refractivity contribution in [3.63, 3.8) is 0 Å². The molecule has 3 aromatic rings. The largest absolute Gasteiger partial charge is 0.494 e. The van der Waals surface area contributed by atoms with Gasteiger partial charge in [-0.1, -0.05) is 35.4 Å². The monoisotopic (exact) mass is 402 g/mol. The Morgan fingerprint density at radius 2 is 1.92 bits per heavy atom. The van der Waals surface area contributed by atoms with Gasteiger partial charge in [0.05, 0.1) is 22.7 Å². The van der Waals surface area contributed by atoms with E-state index in [-0.39, 0.29) is 5.54 Å². The van der Waals surface area contributed by atoms with Crippen molar-refractivity contribution in [1.29, 1.82) is 0 Å². The number of halogens is 1. The molecular formula is C20H19ClN2OS2. The van der Waals surface area contributed by atoms with Crippen molar-refractivity contribution < 1.29 is 4.74 Å². The first kappa shape index (κ1) is 17.6. The number of rotatable bonds is 3. The van der Waals surface area contributed by atoms with Gasteiger partial charge in [-0.25, -0.2) is 0 Å². The molecule has 0 bridgehead atoms. The molecule has 134 valence electrons. The van der Waals surface area contributed by atoms with Crippen LogP contribution < -0.4 is 10.1 Å². The summed E-state index contributed by atoms with van der Waals surface area (Å²) in [5, 5.41) is 4.32. The van der Waals surface area contributed by atoms with Gasteiger partial charge >= 0.3 is 0 Å². The third kappa shape index (κ3) is 2.84. The van der Waals surface area contributed by atoms with Crippen LogP contribution >= 0.6 is 35.4 Å². The van der Waals surface area contributed by atoms with Crippen LogP contribution in [0.5, 0.6) is 5.75 Å². The Hall–Kier alpha value is -1.82. The van der Waals surface area contributed by atoms with E-state index in [9.17, 15) is 0 Å². The number of hydrogen-bond acceptors (Lipinski definition) is 4. The van der Waals surface area contributed by atoms with Crippen LogP contribution in [0.4, 0.5) is 5.69 Å². The third-order valence-electron chi connectivity index (χ3n) is 4.46. The molecule has 4 rings (SSSR count). The molecule has 0 radical (unpaired) electrons. The van der Waals surface area contributed by atoms with E-state index in [2.05, 4.69) is 23.1 Å². The van der Waals surface area contributed by atoms with Gasteiger partial charge in [-0.2, -0.15) is 0 Å². The molecule has 2 aromatic carbocycles. The first-order valence-electron chi connectivity index (χ1n) is 8.49. The maximum Gasteiger partial charge on any atom is 0.129 e. The lowest BCUT2D eigenvalue weighted by atomic mass is 9.90. The quantitative estimate of drug-likeness (QED) is 0.497. The van der Waals surface area contributed by atoms with Gasteiger partial charge in [0.25, 0.3) is 0 Å². The lowest BCUT2D eigenvalue weighted by Gasteiger charge is -2.33. The number of anilines is 1. The second-order valence-corrected chi connectivity index (χ2v) is 8.54. The zero-order valence-electron chi connectivity index (χ0n) is 14.8. The standard InChI is InChI=1S/C20H19ClN2OS2/c1-4-24-14-8-6-13(7-9-14)23-19(25)17-15-11-12(21)5-10-16(15)22-20(2,3)18(17)26-23/h5-11,22H,4H2,1-3H3. The normalized spacial score (nSPS) is 14.3. The summed E-state index contributed by atoms with van der Waals surface area (Å²) >= 11 is 13.8. The van der Waals surface area contributed by atoms with Gasteiger partial charge in [-0.3, -0.25) is 3.96 Å². The van der Waals surface area contributed by atoms with Crippen LogP contribution in [0.1, 0.15) is 25.6 Å². The number of aromatic nitrogens is 1. The molecule has 1 aliphatic heterocycles. The summed E-state index contributed by atoms with van der Waals surface area (Å²) in [7, 11) is 0. The van der Waals surface area contributed by atoms with Gasteiger partial charge in [0.1, 0.15) is 10.4 Å². The average molecular weight is 403 g/mol. The van der Waals surface area contributed by atoms with E-state index in [4.69, 9.17) is 28.6 Å². The van der Waals surface area contributed by atoms with Crippen molar-refractivity contribution >= 4 is 41.0 Å². The summed E-state index contributed by atoms with van der Waals surface area (Å²) in [6.45, 7) is 6.99. The molecule has 26 heavy (non-hydrogen) atoms. The van der Waals surface area contributed by atoms with Crippen LogP contribution in [-0.2, 0) is 5.54 Å². The lowest BCUT2D eigenvalue weighted by Crippen LogP contribution is -2.30. The molecule has 6 heteroatoms. The SMILES string of the molecule is CCOc1ccc(-n2sc3c(c2=S)-c2cc(Cl)ccc2NC3(C)C)cc1. The topological polar surface area (TPSA) is 26.2 Å². The van der Waals surface area contributed by atoms with E-state index >= 15 is 0 Å². The zero-order chi connectivity index (χ0) is 18.5. The van der Waals surface area contributed by atoms with E-state index in [1.165, 1.54) is 4.88 Å². The smallest absolute Gasteiger partial charge is 0.129 e. The summed E-state index contributed by atoms with van der Waals surface area (Å²) in [5.74, 6) is 0.864. The molecule has 0 fully saturated rings. The molecule has 0 atom stereocenters. The molecule has 1 aromatic heterocycles. The van der Waals surface area contributed by atoms with Crippen LogP contribution in [0.15, 0.2) is 42.5 Å². The fourth-order valence-electron chi connectivity index (χ4n) is 3.28. The molecule has 0 spiro atoms. The van der Waals surface area contributed by atoms with Crippen molar-refractivity contribution in [3.05, 3.63) is 57.0 Å². The van der Waals surface area contributed by atoms with Gasteiger partial charge in [-0.15, -0.1) is 0 Å².